The second-order valence-corrected chi connectivity index (χ2v) is 10.1. The van der Waals surface area contributed by atoms with Gasteiger partial charge in [0.1, 0.15) is 22.3 Å². The lowest BCUT2D eigenvalue weighted by Gasteiger charge is -2.14. The van der Waals surface area contributed by atoms with E-state index in [1.807, 2.05) is 54.6 Å². The number of benzene rings is 6. The average Bonchev–Trinajstić information content (AvgIpc) is 3.58. The van der Waals surface area contributed by atoms with Crippen LogP contribution in [0.2, 0.25) is 0 Å². The maximum atomic E-state index is 9.48. The van der Waals surface area contributed by atoms with Crippen molar-refractivity contribution in [3.63, 3.8) is 0 Å². The van der Waals surface area contributed by atoms with Crippen LogP contribution in [-0.2, 0) is 0 Å². The van der Waals surface area contributed by atoms with Gasteiger partial charge in [-0.1, -0.05) is 72.8 Å². The number of hydrogen-bond donors (Lipinski definition) is 0. The minimum Gasteiger partial charge on any atom is -0.456 e. The first kappa shape index (κ1) is 22.4. The van der Waals surface area contributed by atoms with Gasteiger partial charge >= 0.3 is 0 Å². The monoisotopic (exact) mass is 511 g/mol. The minimum atomic E-state index is 0.645. The second kappa shape index (κ2) is 8.73. The highest BCUT2D eigenvalue weighted by Gasteiger charge is 2.15. The summed E-state index contributed by atoms with van der Waals surface area (Å²) in [6.07, 6.45) is 0. The van der Waals surface area contributed by atoms with Crippen molar-refractivity contribution in [1.82, 2.24) is 0 Å². The van der Waals surface area contributed by atoms with Crippen LogP contribution in [0.15, 0.2) is 136 Å². The summed E-state index contributed by atoms with van der Waals surface area (Å²) in [6.45, 7) is 0. The van der Waals surface area contributed by atoms with E-state index in [2.05, 4.69) is 78.9 Å². The number of fused-ring (bicyclic) bond motifs is 6. The molecule has 0 spiro atoms. The van der Waals surface area contributed by atoms with Crippen molar-refractivity contribution in [2.45, 2.75) is 0 Å². The summed E-state index contributed by atoms with van der Waals surface area (Å²) in [5, 5.41) is 13.9. The van der Waals surface area contributed by atoms with Crippen molar-refractivity contribution in [2.75, 3.05) is 0 Å². The Bertz CT molecular complexity index is 2290. The Kier molecular flexibility index (Phi) is 4.89. The van der Waals surface area contributed by atoms with Gasteiger partial charge in [-0.05, 0) is 88.0 Å². The van der Waals surface area contributed by atoms with E-state index in [-0.39, 0.29) is 0 Å². The smallest absolute Gasteiger partial charge is 0.135 e. The van der Waals surface area contributed by atoms with E-state index in [9.17, 15) is 5.26 Å². The maximum absolute atomic E-state index is 9.48. The lowest BCUT2D eigenvalue weighted by Crippen LogP contribution is -1.88. The molecule has 0 unspecified atom stereocenters. The van der Waals surface area contributed by atoms with Gasteiger partial charge in [-0.3, -0.25) is 0 Å². The third-order valence-corrected chi connectivity index (χ3v) is 7.72. The predicted molar refractivity (Wildman–Crippen MR) is 162 cm³/mol. The van der Waals surface area contributed by atoms with Crippen LogP contribution >= 0.6 is 0 Å². The van der Waals surface area contributed by atoms with Crippen molar-refractivity contribution >= 4 is 43.9 Å². The highest BCUT2D eigenvalue weighted by atomic mass is 16.3. The molecule has 2 heterocycles. The first-order valence-electron chi connectivity index (χ1n) is 13.2. The van der Waals surface area contributed by atoms with Gasteiger partial charge in [-0.25, -0.2) is 0 Å². The molecule has 0 fully saturated rings. The Morgan fingerprint density at radius 3 is 1.60 bits per heavy atom. The third kappa shape index (κ3) is 3.51. The molecule has 6 aromatic carbocycles. The van der Waals surface area contributed by atoms with Crippen LogP contribution in [-0.4, -0.2) is 0 Å². The molecule has 3 heteroatoms. The van der Waals surface area contributed by atoms with Gasteiger partial charge in [-0.2, -0.15) is 5.26 Å². The molecule has 0 N–H and O–H groups in total. The van der Waals surface area contributed by atoms with Crippen LogP contribution in [0.3, 0.4) is 0 Å². The Morgan fingerprint density at radius 1 is 0.400 bits per heavy atom. The van der Waals surface area contributed by atoms with Gasteiger partial charge in [0.2, 0.25) is 0 Å². The number of rotatable bonds is 3. The van der Waals surface area contributed by atoms with Crippen molar-refractivity contribution in [1.29, 1.82) is 5.26 Å². The molecule has 0 saturated heterocycles. The SMILES string of the molecule is N#Cc1cccc(-c2ccc(-c3ccc4oc5ccccc5c4c3)c(-c3ccc4oc5ccccc5c4c3)c2)c1. The van der Waals surface area contributed by atoms with Gasteiger partial charge in [0.15, 0.2) is 0 Å². The van der Waals surface area contributed by atoms with Gasteiger partial charge in [0, 0.05) is 21.5 Å². The average molecular weight is 512 g/mol. The Balaban J connectivity index is 1.38. The van der Waals surface area contributed by atoms with Crippen molar-refractivity contribution in [3.8, 4) is 39.4 Å². The van der Waals surface area contributed by atoms with Gasteiger partial charge in [-0.15, -0.1) is 0 Å². The van der Waals surface area contributed by atoms with Crippen LogP contribution in [0.4, 0.5) is 0 Å². The molecule has 186 valence electrons. The largest absolute Gasteiger partial charge is 0.456 e. The lowest BCUT2D eigenvalue weighted by atomic mass is 9.90. The molecular formula is C37H21NO2. The number of nitrogens with zero attached hydrogens (tertiary/aromatic N) is 1. The summed E-state index contributed by atoms with van der Waals surface area (Å²) in [5.41, 5.74) is 10.7. The van der Waals surface area contributed by atoms with E-state index in [1.54, 1.807) is 0 Å². The van der Waals surface area contributed by atoms with Gasteiger partial charge < -0.3 is 8.83 Å². The number of nitriles is 1. The zero-order valence-corrected chi connectivity index (χ0v) is 21.4. The Morgan fingerprint density at radius 2 is 0.950 bits per heavy atom. The zero-order chi connectivity index (χ0) is 26.6. The highest BCUT2D eigenvalue weighted by Crippen LogP contribution is 2.40. The topological polar surface area (TPSA) is 50.1 Å². The second-order valence-electron chi connectivity index (χ2n) is 10.1. The molecule has 2 aromatic heterocycles. The fourth-order valence-corrected chi connectivity index (χ4v) is 5.77. The first-order chi connectivity index (χ1) is 19.7. The fourth-order valence-electron chi connectivity index (χ4n) is 5.77. The molecule has 8 rings (SSSR count). The first-order valence-corrected chi connectivity index (χ1v) is 13.2. The van der Waals surface area contributed by atoms with Crippen LogP contribution in [0.25, 0.3) is 77.3 Å². The Labute approximate surface area is 230 Å². The molecule has 40 heavy (non-hydrogen) atoms. The summed E-state index contributed by atoms with van der Waals surface area (Å²) in [6, 6.07) is 45.7. The molecule has 0 aliphatic rings. The van der Waals surface area contributed by atoms with Crippen molar-refractivity contribution in [3.05, 3.63) is 133 Å². The summed E-state index contributed by atoms with van der Waals surface area (Å²) in [5.74, 6) is 0. The highest BCUT2D eigenvalue weighted by molar-refractivity contribution is 6.08. The maximum Gasteiger partial charge on any atom is 0.135 e. The van der Waals surface area contributed by atoms with Crippen LogP contribution in [0.1, 0.15) is 5.56 Å². The third-order valence-electron chi connectivity index (χ3n) is 7.72. The summed E-state index contributed by atoms with van der Waals surface area (Å²) in [4.78, 5) is 0. The quantitative estimate of drug-likeness (QED) is 0.237. The molecule has 0 radical (unpaired) electrons. The summed E-state index contributed by atoms with van der Waals surface area (Å²) < 4.78 is 12.2. The van der Waals surface area contributed by atoms with Crippen LogP contribution in [0, 0.1) is 11.3 Å². The molecule has 0 aliphatic carbocycles. The van der Waals surface area contributed by atoms with E-state index in [1.165, 1.54) is 0 Å². The van der Waals surface area contributed by atoms with E-state index in [4.69, 9.17) is 8.83 Å². The van der Waals surface area contributed by atoms with Gasteiger partial charge in [0.05, 0.1) is 11.6 Å². The summed E-state index contributed by atoms with van der Waals surface area (Å²) >= 11 is 0. The van der Waals surface area contributed by atoms with E-state index in [0.29, 0.717) is 5.56 Å². The molecule has 0 saturated carbocycles. The molecule has 0 atom stereocenters. The van der Waals surface area contributed by atoms with Gasteiger partial charge in [0.25, 0.3) is 0 Å². The molecule has 8 aromatic rings. The Hall–Kier alpha value is -5.59. The predicted octanol–water partition coefficient (Wildman–Crippen LogP) is 10.4. The number of hydrogen-bond acceptors (Lipinski definition) is 3. The molecular weight excluding hydrogens is 490 g/mol. The van der Waals surface area contributed by atoms with Crippen molar-refractivity contribution < 1.29 is 8.83 Å². The minimum absolute atomic E-state index is 0.645. The number of furan rings is 2. The van der Waals surface area contributed by atoms with E-state index < -0.39 is 0 Å². The van der Waals surface area contributed by atoms with E-state index >= 15 is 0 Å². The van der Waals surface area contributed by atoms with E-state index in [0.717, 1.165) is 77.3 Å². The molecule has 0 aliphatic heterocycles. The number of para-hydroxylation sites is 2. The standard InChI is InChI=1S/C37H21NO2/c38-22-23-6-5-7-24(18-23)25-12-15-28(26-13-16-36-32(20-26)29-8-1-3-10-34(29)39-36)31(19-25)27-14-17-37-33(21-27)30-9-2-4-11-35(30)40-37/h1-21H. The molecule has 0 amide bonds. The molecule has 0 bridgehead atoms. The fraction of sp³-hybridized carbons (Fsp3) is 0. The molecule has 3 nitrogen and oxygen atoms in total. The normalized spacial score (nSPS) is 11.5. The lowest BCUT2D eigenvalue weighted by molar-refractivity contribution is 0.668. The zero-order valence-electron chi connectivity index (χ0n) is 21.4. The van der Waals surface area contributed by atoms with Crippen LogP contribution in [0.5, 0.6) is 0 Å². The van der Waals surface area contributed by atoms with Crippen molar-refractivity contribution in [2.24, 2.45) is 0 Å². The summed E-state index contributed by atoms with van der Waals surface area (Å²) in [7, 11) is 0. The van der Waals surface area contributed by atoms with Crippen LogP contribution < -0.4 is 0 Å².